The molecule has 0 bridgehead atoms. The van der Waals surface area contributed by atoms with Crippen LogP contribution < -0.4 is 10.1 Å². The highest BCUT2D eigenvalue weighted by Crippen LogP contribution is 2.14. The van der Waals surface area contributed by atoms with Crippen LogP contribution in [0.2, 0.25) is 0 Å². The first-order chi connectivity index (χ1) is 10.7. The minimum absolute atomic E-state index is 0.284. The van der Waals surface area contributed by atoms with Gasteiger partial charge in [-0.15, -0.1) is 0 Å². The van der Waals surface area contributed by atoms with Crippen LogP contribution in [0.3, 0.4) is 0 Å². The van der Waals surface area contributed by atoms with Gasteiger partial charge in [0.25, 0.3) is 5.91 Å². The average molecular weight is 298 g/mol. The minimum atomic E-state index is -0.483. The average Bonchev–Trinajstić information content (AvgIpc) is 3.04. The standard InChI is InChI=1S/C16H18N4O2/c1-3-4-12(11-17)18-16(21)15-9-10-20(19-15)13-5-7-14(22-2)8-6-13/h5-10,12H,3-4H2,1-2H3,(H,18,21)/t12-/m1/s1. The summed E-state index contributed by atoms with van der Waals surface area (Å²) in [5.41, 5.74) is 1.11. The van der Waals surface area contributed by atoms with Gasteiger partial charge in [-0.2, -0.15) is 10.4 Å². The molecule has 0 saturated heterocycles. The van der Waals surface area contributed by atoms with Crippen molar-refractivity contribution in [1.29, 1.82) is 5.26 Å². The lowest BCUT2D eigenvalue weighted by Gasteiger charge is -2.08. The van der Waals surface area contributed by atoms with Gasteiger partial charge in [0, 0.05) is 6.20 Å². The zero-order valence-electron chi connectivity index (χ0n) is 12.6. The van der Waals surface area contributed by atoms with Crippen LogP contribution in [-0.4, -0.2) is 28.8 Å². The van der Waals surface area contributed by atoms with E-state index in [1.807, 2.05) is 31.2 Å². The molecule has 2 rings (SSSR count). The summed E-state index contributed by atoms with van der Waals surface area (Å²) in [5, 5.41) is 15.9. The fourth-order valence-electron chi connectivity index (χ4n) is 2.01. The second-order valence-electron chi connectivity index (χ2n) is 4.79. The van der Waals surface area contributed by atoms with Gasteiger partial charge in [-0.05, 0) is 36.8 Å². The molecule has 6 heteroatoms. The van der Waals surface area contributed by atoms with Crippen LogP contribution in [0.4, 0.5) is 0 Å². The summed E-state index contributed by atoms with van der Waals surface area (Å²) >= 11 is 0. The number of ether oxygens (including phenoxy) is 1. The van der Waals surface area contributed by atoms with Gasteiger partial charge >= 0.3 is 0 Å². The van der Waals surface area contributed by atoms with Crippen LogP contribution in [0.5, 0.6) is 5.75 Å². The van der Waals surface area contributed by atoms with E-state index >= 15 is 0 Å². The molecule has 0 radical (unpaired) electrons. The van der Waals surface area contributed by atoms with Crippen LogP contribution in [0, 0.1) is 11.3 Å². The van der Waals surface area contributed by atoms with Gasteiger partial charge in [0.2, 0.25) is 0 Å². The number of hydrogen-bond acceptors (Lipinski definition) is 4. The molecular weight excluding hydrogens is 280 g/mol. The summed E-state index contributed by atoms with van der Waals surface area (Å²) in [6, 6.07) is 10.6. The van der Waals surface area contributed by atoms with Gasteiger partial charge in [-0.25, -0.2) is 4.68 Å². The maximum absolute atomic E-state index is 12.1. The Morgan fingerprint density at radius 1 is 1.41 bits per heavy atom. The molecule has 6 nitrogen and oxygen atoms in total. The third kappa shape index (κ3) is 3.64. The van der Waals surface area contributed by atoms with Gasteiger partial charge in [0.15, 0.2) is 5.69 Å². The van der Waals surface area contributed by atoms with E-state index in [-0.39, 0.29) is 11.6 Å². The number of nitrogens with zero attached hydrogens (tertiary/aromatic N) is 3. The third-order valence-corrected chi connectivity index (χ3v) is 3.20. The topological polar surface area (TPSA) is 79.9 Å². The van der Waals surface area contributed by atoms with Crippen molar-refractivity contribution in [2.75, 3.05) is 7.11 Å². The first-order valence-electron chi connectivity index (χ1n) is 7.08. The normalized spacial score (nSPS) is 11.5. The second kappa shape index (κ2) is 7.27. The Kier molecular flexibility index (Phi) is 5.15. The van der Waals surface area contributed by atoms with Crippen molar-refractivity contribution in [2.45, 2.75) is 25.8 Å². The highest BCUT2D eigenvalue weighted by Gasteiger charge is 2.15. The molecule has 0 aliphatic rings. The van der Waals surface area contributed by atoms with Crippen molar-refractivity contribution in [3.63, 3.8) is 0 Å². The van der Waals surface area contributed by atoms with Crippen LogP contribution in [0.25, 0.3) is 5.69 Å². The van der Waals surface area contributed by atoms with Crippen LogP contribution in [0.15, 0.2) is 36.5 Å². The summed E-state index contributed by atoms with van der Waals surface area (Å²) in [6.45, 7) is 1.97. The van der Waals surface area contributed by atoms with E-state index in [4.69, 9.17) is 10.00 Å². The predicted molar refractivity (Wildman–Crippen MR) is 81.9 cm³/mol. The van der Waals surface area contributed by atoms with E-state index in [1.54, 1.807) is 24.1 Å². The summed E-state index contributed by atoms with van der Waals surface area (Å²) in [4.78, 5) is 12.1. The Morgan fingerprint density at radius 2 is 2.14 bits per heavy atom. The monoisotopic (exact) mass is 298 g/mol. The number of hydrogen-bond donors (Lipinski definition) is 1. The van der Waals surface area contributed by atoms with Crippen molar-refractivity contribution < 1.29 is 9.53 Å². The zero-order valence-corrected chi connectivity index (χ0v) is 12.6. The number of methoxy groups -OCH3 is 1. The fourth-order valence-corrected chi connectivity index (χ4v) is 2.01. The molecule has 1 aromatic heterocycles. The number of carbonyl (C=O) groups excluding carboxylic acids is 1. The Morgan fingerprint density at radius 3 is 2.73 bits per heavy atom. The smallest absolute Gasteiger partial charge is 0.272 e. The highest BCUT2D eigenvalue weighted by atomic mass is 16.5. The molecule has 22 heavy (non-hydrogen) atoms. The Labute approximate surface area is 129 Å². The molecule has 114 valence electrons. The molecule has 0 spiro atoms. The van der Waals surface area contributed by atoms with Gasteiger partial charge in [0.1, 0.15) is 11.8 Å². The second-order valence-corrected chi connectivity index (χ2v) is 4.79. The van der Waals surface area contributed by atoms with Crippen LogP contribution in [-0.2, 0) is 0 Å². The molecule has 1 N–H and O–H groups in total. The summed E-state index contributed by atoms with van der Waals surface area (Å²) in [7, 11) is 1.60. The first-order valence-corrected chi connectivity index (χ1v) is 7.08. The Balaban J connectivity index is 2.10. The van der Waals surface area contributed by atoms with E-state index in [0.717, 1.165) is 17.9 Å². The zero-order chi connectivity index (χ0) is 15.9. The first kappa shape index (κ1) is 15.6. The molecule has 2 aromatic rings. The van der Waals surface area contributed by atoms with E-state index in [2.05, 4.69) is 16.5 Å². The number of aromatic nitrogens is 2. The molecular formula is C16H18N4O2. The minimum Gasteiger partial charge on any atom is -0.497 e. The molecule has 0 saturated carbocycles. The molecule has 0 unspecified atom stereocenters. The molecule has 0 aliphatic heterocycles. The number of nitriles is 1. The number of nitrogens with one attached hydrogen (secondary N) is 1. The van der Waals surface area contributed by atoms with E-state index < -0.39 is 6.04 Å². The summed E-state index contributed by atoms with van der Waals surface area (Å²) in [6.07, 6.45) is 3.16. The van der Waals surface area contributed by atoms with Gasteiger partial charge in [0.05, 0.1) is 18.9 Å². The maximum atomic E-state index is 12.1. The third-order valence-electron chi connectivity index (χ3n) is 3.20. The molecule has 1 amide bonds. The molecule has 0 fully saturated rings. The lowest BCUT2D eigenvalue weighted by atomic mass is 10.2. The molecule has 1 atom stereocenters. The number of rotatable bonds is 6. The fraction of sp³-hybridized carbons (Fsp3) is 0.312. The maximum Gasteiger partial charge on any atom is 0.272 e. The Bertz CT molecular complexity index is 670. The van der Waals surface area contributed by atoms with E-state index in [0.29, 0.717) is 6.42 Å². The molecule has 1 aromatic carbocycles. The van der Waals surface area contributed by atoms with Crippen molar-refractivity contribution in [3.8, 4) is 17.5 Å². The number of carbonyl (C=O) groups is 1. The van der Waals surface area contributed by atoms with Gasteiger partial charge in [-0.3, -0.25) is 4.79 Å². The van der Waals surface area contributed by atoms with Crippen LogP contribution in [0.1, 0.15) is 30.3 Å². The van der Waals surface area contributed by atoms with Gasteiger partial charge in [-0.1, -0.05) is 13.3 Å². The number of amides is 1. The molecule has 0 aliphatic carbocycles. The lowest BCUT2D eigenvalue weighted by Crippen LogP contribution is -2.33. The van der Waals surface area contributed by atoms with Gasteiger partial charge < -0.3 is 10.1 Å². The van der Waals surface area contributed by atoms with Crippen molar-refractivity contribution in [2.24, 2.45) is 0 Å². The van der Waals surface area contributed by atoms with Crippen molar-refractivity contribution in [1.82, 2.24) is 15.1 Å². The quantitative estimate of drug-likeness (QED) is 0.887. The predicted octanol–water partition coefficient (Wildman–Crippen LogP) is 2.30. The van der Waals surface area contributed by atoms with E-state index in [1.165, 1.54) is 0 Å². The van der Waals surface area contributed by atoms with Crippen molar-refractivity contribution in [3.05, 3.63) is 42.2 Å². The highest BCUT2D eigenvalue weighted by molar-refractivity contribution is 5.92. The number of benzene rings is 1. The Hall–Kier alpha value is -2.81. The SMILES string of the molecule is CCC[C@H](C#N)NC(=O)c1ccn(-c2ccc(OC)cc2)n1. The summed E-state index contributed by atoms with van der Waals surface area (Å²) < 4.78 is 6.71. The van der Waals surface area contributed by atoms with Crippen molar-refractivity contribution >= 4 is 5.91 Å². The summed E-state index contributed by atoms with van der Waals surface area (Å²) in [5.74, 6) is 0.414. The lowest BCUT2D eigenvalue weighted by molar-refractivity contribution is 0.0938. The largest absolute Gasteiger partial charge is 0.497 e. The van der Waals surface area contributed by atoms with E-state index in [9.17, 15) is 4.79 Å². The van der Waals surface area contributed by atoms with Crippen LogP contribution >= 0.6 is 0 Å². The molecule has 1 heterocycles.